The fourth-order valence-corrected chi connectivity index (χ4v) is 2.34. The molecule has 2 rings (SSSR count). The van der Waals surface area contributed by atoms with Crippen LogP contribution in [0.5, 0.6) is 5.75 Å². The van der Waals surface area contributed by atoms with Gasteiger partial charge in [0.2, 0.25) is 0 Å². The fourth-order valence-electron chi connectivity index (χ4n) is 2.18. The Balaban J connectivity index is 1.94. The third-order valence-electron chi connectivity index (χ3n) is 3.39. The van der Waals surface area contributed by atoms with Crippen LogP contribution in [0, 0.1) is 6.92 Å². The minimum atomic E-state index is 0.0216. The molecule has 0 aliphatic carbocycles. The van der Waals surface area contributed by atoms with E-state index in [2.05, 4.69) is 5.32 Å². The van der Waals surface area contributed by atoms with Gasteiger partial charge >= 0.3 is 0 Å². The molecule has 1 aliphatic rings. The summed E-state index contributed by atoms with van der Waals surface area (Å²) in [7, 11) is 0. The summed E-state index contributed by atoms with van der Waals surface area (Å²) in [5.74, 6) is 0.692. The first kappa shape index (κ1) is 14.2. The number of hydrogen-bond donors (Lipinski definition) is 1. The standard InChI is InChI=1S/C14H19ClN2O2/c1-10-8-16-6-7-17(10)14(18)9-19-13-5-3-4-12(15)11(13)2/h3-5,10,16H,6-9H2,1-2H3. The molecular formula is C14H19ClN2O2. The number of ether oxygens (including phenoxy) is 1. The summed E-state index contributed by atoms with van der Waals surface area (Å²) in [6.45, 7) is 6.39. The van der Waals surface area contributed by atoms with Gasteiger partial charge < -0.3 is 15.0 Å². The molecule has 19 heavy (non-hydrogen) atoms. The van der Waals surface area contributed by atoms with E-state index in [1.807, 2.05) is 36.9 Å². The number of rotatable bonds is 3. The molecule has 1 aromatic rings. The SMILES string of the molecule is Cc1c(Cl)cccc1OCC(=O)N1CCNCC1C. The molecule has 4 nitrogen and oxygen atoms in total. The zero-order valence-electron chi connectivity index (χ0n) is 11.3. The quantitative estimate of drug-likeness (QED) is 0.920. The van der Waals surface area contributed by atoms with Crippen molar-refractivity contribution in [3.63, 3.8) is 0 Å². The Bertz CT molecular complexity index is 465. The van der Waals surface area contributed by atoms with Crippen LogP contribution >= 0.6 is 11.6 Å². The van der Waals surface area contributed by atoms with Gasteiger partial charge in [-0.1, -0.05) is 17.7 Å². The molecule has 1 unspecified atom stereocenters. The van der Waals surface area contributed by atoms with Gasteiger partial charge in [-0.25, -0.2) is 0 Å². The number of nitrogens with zero attached hydrogens (tertiary/aromatic N) is 1. The minimum Gasteiger partial charge on any atom is -0.483 e. The Labute approximate surface area is 118 Å². The molecule has 104 valence electrons. The molecule has 1 aliphatic heterocycles. The molecule has 1 aromatic carbocycles. The Hall–Kier alpha value is -1.26. The van der Waals surface area contributed by atoms with Crippen LogP contribution in [-0.2, 0) is 4.79 Å². The van der Waals surface area contributed by atoms with Gasteiger partial charge in [-0.2, -0.15) is 0 Å². The highest BCUT2D eigenvalue weighted by Gasteiger charge is 2.23. The smallest absolute Gasteiger partial charge is 0.260 e. The van der Waals surface area contributed by atoms with Crippen molar-refractivity contribution in [3.05, 3.63) is 28.8 Å². The molecule has 1 heterocycles. The third-order valence-corrected chi connectivity index (χ3v) is 3.80. The first-order valence-electron chi connectivity index (χ1n) is 6.47. The van der Waals surface area contributed by atoms with Crippen molar-refractivity contribution in [2.45, 2.75) is 19.9 Å². The molecule has 0 bridgehead atoms. The number of piperazine rings is 1. The predicted molar refractivity (Wildman–Crippen MR) is 75.7 cm³/mol. The molecule has 0 spiro atoms. The molecule has 1 atom stereocenters. The number of benzene rings is 1. The van der Waals surface area contributed by atoms with E-state index in [9.17, 15) is 4.79 Å². The van der Waals surface area contributed by atoms with Gasteiger partial charge in [0.25, 0.3) is 5.91 Å². The van der Waals surface area contributed by atoms with Crippen LogP contribution < -0.4 is 10.1 Å². The van der Waals surface area contributed by atoms with Gasteiger partial charge in [0.05, 0.1) is 0 Å². The van der Waals surface area contributed by atoms with E-state index in [1.54, 1.807) is 0 Å². The van der Waals surface area contributed by atoms with E-state index >= 15 is 0 Å². The van der Waals surface area contributed by atoms with E-state index in [-0.39, 0.29) is 18.6 Å². The maximum Gasteiger partial charge on any atom is 0.260 e. The molecule has 1 amide bonds. The van der Waals surface area contributed by atoms with Gasteiger partial charge in [-0.3, -0.25) is 4.79 Å². The summed E-state index contributed by atoms with van der Waals surface area (Å²) < 4.78 is 5.58. The maximum absolute atomic E-state index is 12.1. The van der Waals surface area contributed by atoms with E-state index in [1.165, 1.54) is 0 Å². The Kier molecular flexibility index (Phi) is 4.66. The maximum atomic E-state index is 12.1. The van der Waals surface area contributed by atoms with Crippen LogP contribution in [0.2, 0.25) is 5.02 Å². The summed E-state index contributed by atoms with van der Waals surface area (Å²) in [5, 5.41) is 3.91. The number of carbonyl (C=O) groups is 1. The Morgan fingerprint density at radius 2 is 2.37 bits per heavy atom. The van der Waals surface area contributed by atoms with Crippen LogP contribution in [0.3, 0.4) is 0 Å². The molecule has 1 saturated heterocycles. The zero-order valence-corrected chi connectivity index (χ0v) is 12.0. The topological polar surface area (TPSA) is 41.6 Å². The Morgan fingerprint density at radius 1 is 1.58 bits per heavy atom. The number of carbonyl (C=O) groups excluding carboxylic acids is 1. The third kappa shape index (κ3) is 3.39. The highest BCUT2D eigenvalue weighted by atomic mass is 35.5. The van der Waals surface area contributed by atoms with Gasteiger partial charge in [0.1, 0.15) is 5.75 Å². The van der Waals surface area contributed by atoms with Gasteiger partial charge in [0.15, 0.2) is 6.61 Å². The molecule has 1 fully saturated rings. The van der Waals surface area contributed by atoms with Gasteiger partial charge in [-0.05, 0) is 26.0 Å². The molecule has 0 aromatic heterocycles. The molecular weight excluding hydrogens is 264 g/mol. The fraction of sp³-hybridized carbons (Fsp3) is 0.500. The second-order valence-corrected chi connectivity index (χ2v) is 5.20. The highest BCUT2D eigenvalue weighted by molar-refractivity contribution is 6.31. The van der Waals surface area contributed by atoms with Crippen molar-refractivity contribution in [1.82, 2.24) is 10.2 Å². The first-order valence-corrected chi connectivity index (χ1v) is 6.85. The van der Waals surface area contributed by atoms with Crippen LogP contribution in [0.25, 0.3) is 0 Å². The van der Waals surface area contributed by atoms with E-state index in [0.717, 1.165) is 25.2 Å². The first-order chi connectivity index (χ1) is 9.09. The van der Waals surface area contributed by atoms with E-state index in [0.29, 0.717) is 10.8 Å². The highest BCUT2D eigenvalue weighted by Crippen LogP contribution is 2.25. The zero-order chi connectivity index (χ0) is 13.8. The average Bonchev–Trinajstić information content (AvgIpc) is 2.40. The lowest BCUT2D eigenvalue weighted by Gasteiger charge is -2.33. The lowest BCUT2D eigenvalue weighted by Crippen LogP contribution is -2.53. The van der Waals surface area contributed by atoms with Crippen molar-refractivity contribution in [2.75, 3.05) is 26.2 Å². The van der Waals surface area contributed by atoms with Crippen molar-refractivity contribution in [2.24, 2.45) is 0 Å². The molecule has 0 radical (unpaired) electrons. The molecule has 0 saturated carbocycles. The normalized spacial score (nSPS) is 19.3. The van der Waals surface area contributed by atoms with Crippen LogP contribution in [0.15, 0.2) is 18.2 Å². The average molecular weight is 283 g/mol. The monoisotopic (exact) mass is 282 g/mol. The summed E-state index contributed by atoms with van der Waals surface area (Å²) in [6.07, 6.45) is 0. The lowest BCUT2D eigenvalue weighted by molar-refractivity contribution is -0.136. The summed E-state index contributed by atoms with van der Waals surface area (Å²) >= 11 is 6.02. The van der Waals surface area contributed by atoms with Crippen molar-refractivity contribution >= 4 is 17.5 Å². The number of halogens is 1. The second-order valence-electron chi connectivity index (χ2n) is 4.79. The number of amides is 1. The van der Waals surface area contributed by atoms with Crippen LogP contribution in [-0.4, -0.2) is 43.1 Å². The minimum absolute atomic E-state index is 0.0216. The van der Waals surface area contributed by atoms with E-state index < -0.39 is 0 Å². The van der Waals surface area contributed by atoms with Crippen LogP contribution in [0.1, 0.15) is 12.5 Å². The summed E-state index contributed by atoms with van der Waals surface area (Å²) in [5.41, 5.74) is 0.866. The van der Waals surface area contributed by atoms with Crippen LogP contribution in [0.4, 0.5) is 0 Å². The molecule has 5 heteroatoms. The Morgan fingerprint density at radius 3 is 3.11 bits per heavy atom. The van der Waals surface area contributed by atoms with Crippen molar-refractivity contribution in [1.29, 1.82) is 0 Å². The largest absolute Gasteiger partial charge is 0.483 e. The molecule has 1 N–H and O–H groups in total. The van der Waals surface area contributed by atoms with Crippen molar-refractivity contribution in [3.8, 4) is 5.75 Å². The number of nitrogens with one attached hydrogen (secondary N) is 1. The predicted octanol–water partition coefficient (Wildman–Crippen LogP) is 1.85. The van der Waals surface area contributed by atoms with Crippen molar-refractivity contribution < 1.29 is 9.53 Å². The number of hydrogen-bond acceptors (Lipinski definition) is 3. The van der Waals surface area contributed by atoms with Gasteiger partial charge in [-0.15, -0.1) is 0 Å². The summed E-state index contributed by atoms with van der Waals surface area (Å²) in [6, 6.07) is 5.67. The van der Waals surface area contributed by atoms with E-state index in [4.69, 9.17) is 16.3 Å². The summed E-state index contributed by atoms with van der Waals surface area (Å²) in [4.78, 5) is 14.0. The van der Waals surface area contributed by atoms with Gasteiger partial charge in [0, 0.05) is 36.3 Å². The lowest BCUT2D eigenvalue weighted by atomic mass is 10.2. The second kappa shape index (κ2) is 6.26.